The first-order valence-corrected chi connectivity index (χ1v) is 6.99. The number of rotatable bonds is 6. The number of ketones is 1. The number of ether oxygens (including phenoxy) is 1. The molecular formula is C16H20N2O3. The number of benzene rings is 1. The molecule has 0 aliphatic heterocycles. The van der Waals surface area contributed by atoms with E-state index in [2.05, 4.69) is 10.1 Å². The lowest BCUT2D eigenvalue weighted by Gasteiger charge is -2.04. The van der Waals surface area contributed by atoms with E-state index < -0.39 is 0 Å². The quantitative estimate of drug-likeness (QED) is 0.816. The molecule has 0 bridgehead atoms. The van der Waals surface area contributed by atoms with Gasteiger partial charge in [0.25, 0.3) is 0 Å². The summed E-state index contributed by atoms with van der Waals surface area (Å²) in [4.78, 5) is 16.0. The second-order valence-corrected chi connectivity index (χ2v) is 5.51. The molecule has 0 spiro atoms. The van der Waals surface area contributed by atoms with Crippen LogP contribution in [0, 0.1) is 12.8 Å². The highest BCUT2D eigenvalue weighted by molar-refractivity contribution is 5.80. The van der Waals surface area contributed by atoms with Crippen molar-refractivity contribution in [2.75, 3.05) is 7.11 Å². The van der Waals surface area contributed by atoms with Gasteiger partial charge in [-0.3, -0.25) is 4.79 Å². The van der Waals surface area contributed by atoms with Crippen molar-refractivity contribution in [2.45, 2.75) is 33.6 Å². The minimum Gasteiger partial charge on any atom is -0.496 e. The average Bonchev–Trinajstić information content (AvgIpc) is 2.86. The van der Waals surface area contributed by atoms with Crippen LogP contribution in [0.25, 0.3) is 11.4 Å². The summed E-state index contributed by atoms with van der Waals surface area (Å²) < 4.78 is 10.4. The lowest BCUT2D eigenvalue weighted by Crippen LogP contribution is -2.06. The number of carbonyl (C=O) groups excluding carboxylic acids is 1. The number of aromatic nitrogens is 2. The Hall–Kier alpha value is -2.17. The zero-order valence-electron chi connectivity index (χ0n) is 12.8. The summed E-state index contributed by atoms with van der Waals surface area (Å²) in [5, 5.41) is 3.94. The van der Waals surface area contributed by atoms with Crippen LogP contribution in [-0.4, -0.2) is 23.0 Å². The van der Waals surface area contributed by atoms with Crippen LogP contribution in [0.4, 0.5) is 0 Å². The van der Waals surface area contributed by atoms with Crippen LogP contribution >= 0.6 is 0 Å². The molecule has 2 aromatic rings. The number of nitrogens with zero attached hydrogens (tertiary/aromatic N) is 2. The molecule has 1 aromatic carbocycles. The summed E-state index contributed by atoms with van der Waals surface area (Å²) in [6.07, 6.45) is 0.722. The van der Waals surface area contributed by atoms with Crippen molar-refractivity contribution in [1.29, 1.82) is 0 Å². The number of Topliss-reactive ketones (excluding diaryl/α,β-unsaturated/α-hetero) is 1. The van der Waals surface area contributed by atoms with Gasteiger partial charge in [-0.05, 0) is 36.6 Å². The van der Waals surface area contributed by atoms with Crippen molar-refractivity contribution in [3.63, 3.8) is 0 Å². The van der Waals surface area contributed by atoms with Crippen LogP contribution in [0.3, 0.4) is 0 Å². The zero-order chi connectivity index (χ0) is 15.4. The molecule has 1 aromatic heterocycles. The maximum Gasteiger partial charge on any atom is 0.234 e. The highest BCUT2D eigenvalue weighted by Gasteiger charge is 2.14. The minimum atomic E-state index is 0.117. The zero-order valence-corrected chi connectivity index (χ0v) is 12.8. The summed E-state index contributed by atoms with van der Waals surface area (Å²) in [6, 6.07) is 5.67. The lowest BCUT2D eigenvalue weighted by molar-refractivity contribution is -0.119. The largest absolute Gasteiger partial charge is 0.496 e. The van der Waals surface area contributed by atoms with Crippen molar-refractivity contribution in [3.05, 3.63) is 29.7 Å². The van der Waals surface area contributed by atoms with Crippen LogP contribution in [0.2, 0.25) is 0 Å². The molecule has 0 N–H and O–H groups in total. The van der Waals surface area contributed by atoms with Gasteiger partial charge >= 0.3 is 0 Å². The highest BCUT2D eigenvalue weighted by Crippen LogP contribution is 2.24. The van der Waals surface area contributed by atoms with Crippen molar-refractivity contribution < 1.29 is 14.1 Å². The molecule has 0 aliphatic rings. The van der Waals surface area contributed by atoms with E-state index in [0.29, 0.717) is 24.1 Å². The molecule has 0 saturated carbocycles. The van der Waals surface area contributed by atoms with Gasteiger partial charge in [-0.15, -0.1) is 0 Å². The first kappa shape index (κ1) is 15.2. The van der Waals surface area contributed by atoms with E-state index in [9.17, 15) is 4.79 Å². The first-order chi connectivity index (χ1) is 9.99. The Bertz CT molecular complexity index is 632. The monoisotopic (exact) mass is 288 g/mol. The van der Waals surface area contributed by atoms with Gasteiger partial charge in [0.15, 0.2) is 0 Å². The minimum absolute atomic E-state index is 0.117. The third-order valence-electron chi connectivity index (χ3n) is 3.11. The standard InChI is InChI=1S/C16H20N2O3/c1-10(2)7-13(19)9-15-17-16(18-21-15)12-5-6-14(20-4)11(3)8-12/h5-6,8,10H,7,9H2,1-4H3. The Morgan fingerprint density at radius 3 is 2.76 bits per heavy atom. The van der Waals surface area contributed by atoms with Crippen molar-refractivity contribution in [1.82, 2.24) is 10.1 Å². The normalized spacial score (nSPS) is 10.9. The SMILES string of the molecule is COc1ccc(-c2noc(CC(=O)CC(C)C)n2)cc1C. The molecule has 0 radical (unpaired) electrons. The number of hydrogen-bond donors (Lipinski definition) is 0. The predicted octanol–water partition coefficient (Wildman–Crippen LogP) is 3.21. The van der Waals surface area contributed by atoms with E-state index in [1.54, 1.807) is 7.11 Å². The smallest absolute Gasteiger partial charge is 0.234 e. The van der Waals surface area contributed by atoms with E-state index in [1.807, 2.05) is 39.0 Å². The van der Waals surface area contributed by atoms with Crippen LogP contribution in [-0.2, 0) is 11.2 Å². The number of aryl methyl sites for hydroxylation is 1. The summed E-state index contributed by atoms with van der Waals surface area (Å²) >= 11 is 0. The number of hydrogen-bond acceptors (Lipinski definition) is 5. The van der Waals surface area contributed by atoms with Gasteiger partial charge in [0.1, 0.15) is 11.5 Å². The van der Waals surface area contributed by atoms with Crippen LogP contribution in [0.1, 0.15) is 31.7 Å². The Balaban J connectivity index is 2.12. The summed E-state index contributed by atoms with van der Waals surface area (Å²) in [5.74, 6) is 2.13. The molecule has 2 rings (SSSR count). The topological polar surface area (TPSA) is 65.2 Å². The number of carbonyl (C=O) groups is 1. The molecule has 1 heterocycles. The van der Waals surface area contributed by atoms with Crippen molar-refractivity contribution in [2.24, 2.45) is 5.92 Å². The molecular weight excluding hydrogens is 268 g/mol. The van der Waals surface area contributed by atoms with E-state index in [1.165, 1.54) is 0 Å². The van der Waals surface area contributed by atoms with Crippen LogP contribution in [0.15, 0.2) is 22.7 Å². The fraction of sp³-hybridized carbons (Fsp3) is 0.438. The van der Waals surface area contributed by atoms with Gasteiger partial charge in [0, 0.05) is 12.0 Å². The van der Waals surface area contributed by atoms with E-state index >= 15 is 0 Å². The molecule has 5 heteroatoms. The summed E-state index contributed by atoms with van der Waals surface area (Å²) in [7, 11) is 1.63. The fourth-order valence-corrected chi connectivity index (χ4v) is 2.16. The van der Waals surface area contributed by atoms with E-state index in [0.717, 1.165) is 16.9 Å². The van der Waals surface area contributed by atoms with Gasteiger partial charge in [0.2, 0.25) is 11.7 Å². The van der Waals surface area contributed by atoms with Gasteiger partial charge in [-0.1, -0.05) is 19.0 Å². The third kappa shape index (κ3) is 3.90. The Morgan fingerprint density at radius 2 is 2.14 bits per heavy atom. The molecule has 0 saturated heterocycles. The summed E-state index contributed by atoms with van der Waals surface area (Å²) in [5.41, 5.74) is 1.84. The maximum atomic E-state index is 11.8. The van der Waals surface area contributed by atoms with E-state index in [4.69, 9.17) is 9.26 Å². The molecule has 5 nitrogen and oxygen atoms in total. The van der Waals surface area contributed by atoms with Crippen molar-refractivity contribution >= 4 is 5.78 Å². The molecule has 0 unspecified atom stereocenters. The molecule has 21 heavy (non-hydrogen) atoms. The first-order valence-electron chi connectivity index (χ1n) is 6.99. The average molecular weight is 288 g/mol. The van der Waals surface area contributed by atoms with Gasteiger partial charge < -0.3 is 9.26 Å². The lowest BCUT2D eigenvalue weighted by atomic mass is 10.1. The van der Waals surface area contributed by atoms with E-state index in [-0.39, 0.29) is 12.2 Å². The van der Waals surface area contributed by atoms with Crippen LogP contribution < -0.4 is 4.74 Å². The molecule has 0 amide bonds. The van der Waals surface area contributed by atoms with Gasteiger partial charge in [-0.25, -0.2) is 0 Å². The molecule has 0 fully saturated rings. The Labute approximate surface area is 124 Å². The molecule has 112 valence electrons. The fourth-order valence-electron chi connectivity index (χ4n) is 2.16. The second-order valence-electron chi connectivity index (χ2n) is 5.51. The summed E-state index contributed by atoms with van der Waals surface area (Å²) in [6.45, 7) is 5.98. The van der Waals surface area contributed by atoms with Gasteiger partial charge in [0.05, 0.1) is 13.5 Å². The molecule has 0 atom stereocenters. The Morgan fingerprint density at radius 1 is 1.38 bits per heavy atom. The van der Waals surface area contributed by atoms with Crippen LogP contribution in [0.5, 0.6) is 5.75 Å². The number of methoxy groups -OCH3 is 1. The van der Waals surface area contributed by atoms with Gasteiger partial charge in [-0.2, -0.15) is 4.98 Å². The predicted molar refractivity (Wildman–Crippen MR) is 79.2 cm³/mol. The second kappa shape index (κ2) is 6.52. The maximum absolute atomic E-state index is 11.8. The van der Waals surface area contributed by atoms with Crippen molar-refractivity contribution in [3.8, 4) is 17.1 Å². The highest BCUT2D eigenvalue weighted by atomic mass is 16.5. The molecule has 0 aliphatic carbocycles. The Kier molecular flexibility index (Phi) is 4.73. The third-order valence-corrected chi connectivity index (χ3v) is 3.11.